The predicted molar refractivity (Wildman–Crippen MR) is 128 cm³/mol. The maximum absolute atomic E-state index is 12.5. The third kappa shape index (κ3) is 7.16. The zero-order chi connectivity index (χ0) is 22.6. The van der Waals surface area contributed by atoms with Crippen LogP contribution in [0.2, 0.25) is 0 Å². The van der Waals surface area contributed by atoms with Crippen molar-refractivity contribution in [3.8, 4) is 5.75 Å². The number of benzene rings is 3. The number of para-hydroxylation sites is 2. The highest BCUT2D eigenvalue weighted by Gasteiger charge is 2.09. The zero-order valence-corrected chi connectivity index (χ0v) is 18.3. The second-order valence-corrected chi connectivity index (χ2v) is 7.35. The van der Waals surface area contributed by atoms with Gasteiger partial charge in [0.05, 0.1) is 18.8 Å². The minimum absolute atomic E-state index is 0.0678. The third-order valence-corrected chi connectivity index (χ3v) is 4.79. The molecule has 0 heterocycles. The third-order valence-electron chi connectivity index (χ3n) is 4.79. The van der Waals surface area contributed by atoms with Gasteiger partial charge in [0, 0.05) is 17.8 Å². The largest absolute Gasteiger partial charge is 0.491 e. The Hall–Kier alpha value is -3.80. The summed E-state index contributed by atoms with van der Waals surface area (Å²) in [6, 6.07) is 24.2. The van der Waals surface area contributed by atoms with Crippen LogP contribution < -0.4 is 20.7 Å². The number of nitrogens with one attached hydrogen (secondary N) is 3. The molecule has 0 unspecified atom stereocenters. The van der Waals surface area contributed by atoms with Crippen LogP contribution in [0.5, 0.6) is 5.75 Å². The van der Waals surface area contributed by atoms with Crippen molar-refractivity contribution in [3.05, 3.63) is 90.0 Å². The average molecular weight is 432 g/mol. The highest BCUT2D eigenvalue weighted by Crippen LogP contribution is 2.24. The smallest absolute Gasteiger partial charge is 0.251 e. The average Bonchev–Trinajstić information content (AvgIpc) is 2.83. The zero-order valence-electron chi connectivity index (χ0n) is 18.3. The molecule has 0 aliphatic carbocycles. The molecular formula is C26H29N3O3. The number of anilines is 2. The molecule has 0 spiro atoms. The molecule has 0 aromatic heterocycles. The van der Waals surface area contributed by atoms with Crippen molar-refractivity contribution in [1.82, 2.24) is 5.32 Å². The quantitative estimate of drug-likeness (QED) is 0.379. The van der Waals surface area contributed by atoms with Crippen LogP contribution in [0.3, 0.4) is 0 Å². The van der Waals surface area contributed by atoms with Crippen molar-refractivity contribution in [2.24, 2.45) is 0 Å². The van der Waals surface area contributed by atoms with Gasteiger partial charge in [-0.15, -0.1) is 0 Å². The van der Waals surface area contributed by atoms with Gasteiger partial charge in [-0.25, -0.2) is 0 Å². The Morgan fingerprint density at radius 1 is 0.906 bits per heavy atom. The number of carbonyl (C=O) groups excluding carboxylic acids is 2. The normalized spacial score (nSPS) is 10.3. The highest BCUT2D eigenvalue weighted by molar-refractivity contribution is 5.96. The van der Waals surface area contributed by atoms with E-state index in [0.717, 1.165) is 18.4 Å². The molecule has 6 heteroatoms. The van der Waals surface area contributed by atoms with Crippen LogP contribution in [0.25, 0.3) is 0 Å². The second kappa shape index (κ2) is 12.2. The van der Waals surface area contributed by atoms with Crippen LogP contribution in [0.4, 0.5) is 11.4 Å². The summed E-state index contributed by atoms with van der Waals surface area (Å²) in [5.74, 6) is 0.293. The summed E-state index contributed by atoms with van der Waals surface area (Å²) in [6.45, 7) is 3.24. The Morgan fingerprint density at radius 3 is 2.50 bits per heavy atom. The van der Waals surface area contributed by atoms with Crippen LogP contribution in [0, 0.1) is 0 Å². The molecule has 0 atom stereocenters. The van der Waals surface area contributed by atoms with E-state index in [9.17, 15) is 9.59 Å². The molecule has 0 saturated carbocycles. The van der Waals surface area contributed by atoms with Crippen LogP contribution >= 0.6 is 0 Å². The van der Waals surface area contributed by atoms with Gasteiger partial charge in [0.2, 0.25) is 5.91 Å². The number of carbonyl (C=O) groups is 2. The summed E-state index contributed by atoms with van der Waals surface area (Å²) in [4.78, 5) is 24.9. The molecule has 0 aliphatic rings. The minimum Gasteiger partial charge on any atom is -0.491 e. The van der Waals surface area contributed by atoms with Gasteiger partial charge in [-0.05, 0) is 42.3 Å². The number of hydrogen-bond donors (Lipinski definition) is 3. The van der Waals surface area contributed by atoms with E-state index in [-0.39, 0.29) is 18.4 Å². The van der Waals surface area contributed by atoms with E-state index < -0.39 is 0 Å². The van der Waals surface area contributed by atoms with Gasteiger partial charge in [-0.2, -0.15) is 0 Å². The van der Waals surface area contributed by atoms with E-state index in [1.54, 1.807) is 18.2 Å². The van der Waals surface area contributed by atoms with E-state index in [2.05, 4.69) is 22.9 Å². The molecule has 3 aromatic rings. The van der Waals surface area contributed by atoms with Gasteiger partial charge >= 0.3 is 0 Å². The first-order valence-electron chi connectivity index (χ1n) is 10.8. The fourth-order valence-electron chi connectivity index (χ4n) is 3.05. The fraction of sp³-hybridized carbons (Fsp3) is 0.231. The van der Waals surface area contributed by atoms with Crippen molar-refractivity contribution in [2.75, 3.05) is 23.8 Å². The number of unbranched alkanes of at least 4 members (excludes halogenated alkanes) is 1. The van der Waals surface area contributed by atoms with Crippen LogP contribution in [0.1, 0.15) is 35.7 Å². The first-order valence-corrected chi connectivity index (χ1v) is 10.8. The lowest BCUT2D eigenvalue weighted by Crippen LogP contribution is -2.24. The first kappa shape index (κ1) is 22.9. The molecule has 2 amide bonds. The van der Waals surface area contributed by atoms with E-state index in [0.29, 0.717) is 35.8 Å². The molecule has 0 bridgehead atoms. The van der Waals surface area contributed by atoms with Gasteiger partial charge in [0.1, 0.15) is 5.75 Å². The molecule has 3 rings (SSSR count). The molecule has 3 aromatic carbocycles. The Bertz CT molecular complexity index is 1020. The van der Waals surface area contributed by atoms with Crippen LogP contribution in [0.15, 0.2) is 78.9 Å². The number of rotatable bonds is 11. The molecule has 6 nitrogen and oxygen atoms in total. The molecule has 32 heavy (non-hydrogen) atoms. The fourth-order valence-corrected chi connectivity index (χ4v) is 3.05. The van der Waals surface area contributed by atoms with Crippen molar-refractivity contribution in [2.45, 2.75) is 26.3 Å². The van der Waals surface area contributed by atoms with Crippen LogP contribution in [-0.2, 0) is 11.3 Å². The Balaban J connectivity index is 1.51. The Morgan fingerprint density at radius 2 is 1.69 bits per heavy atom. The SMILES string of the molecule is CCCCOc1ccccc1NC(=O)CNc1cccc(C(=O)NCc2ccccc2)c1. The van der Waals surface area contributed by atoms with Gasteiger partial charge in [-0.3, -0.25) is 9.59 Å². The summed E-state index contributed by atoms with van der Waals surface area (Å²) in [5, 5.41) is 8.86. The molecular weight excluding hydrogens is 402 g/mol. The molecule has 0 fully saturated rings. The summed E-state index contributed by atoms with van der Waals surface area (Å²) in [6.07, 6.45) is 2.00. The van der Waals surface area contributed by atoms with E-state index in [4.69, 9.17) is 4.74 Å². The van der Waals surface area contributed by atoms with Gasteiger partial charge in [-0.1, -0.05) is 61.9 Å². The van der Waals surface area contributed by atoms with Gasteiger partial charge in [0.25, 0.3) is 5.91 Å². The Labute approximate surface area is 189 Å². The molecule has 0 aliphatic heterocycles. The maximum Gasteiger partial charge on any atom is 0.251 e. The molecule has 0 saturated heterocycles. The van der Waals surface area contributed by atoms with Crippen molar-refractivity contribution in [1.29, 1.82) is 0 Å². The van der Waals surface area contributed by atoms with E-state index in [1.165, 1.54) is 0 Å². The lowest BCUT2D eigenvalue weighted by molar-refractivity contribution is -0.114. The molecule has 3 N–H and O–H groups in total. The summed E-state index contributed by atoms with van der Waals surface area (Å²) in [5.41, 5.74) is 2.90. The minimum atomic E-state index is -0.199. The number of hydrogen-bond acceptors (Lipinski definition) is 4. The lowest BCUT2D eigenvalue weighted by atomic mass is 10.1. The van der Waals surface area contributed by atoms with E-state index >= 15 is 0 Å². The van der Waals surface area contributed by atoms with E-state index in [1.807, 2.05) is 60.7 Å². The monoisotopic (exact) mass is 431 g/mol. The number of amides is 2. The predicted octanol–water partition coefficient (Wildman–Crippen LogP) is 4.85. The molecule has 166 valence electrons. The first-order chi connectivity index (χ1) is 15.7. The highest BCUT2D eigenvalue weighted by atomic mass is 16.5. The number of ether oxygens (including phenoxy) is 1. The Kier molecular flexibility index (Phi) is 8.69. The lowest BCUT2D eigenvalue weighted by Gasteiger charge is -2.13. The summed E-state index contributed by atoms with van der Waals surface area (Å²) in [7, 11) is 0. The molecule has 0 radical (unpaired) electrons. The van der Waals surface area contributed by atoms with Gasteiger partial charge < -0.3 is 20.7 Å². The maximum atomic E-state index is 12.5. The second-order valence-electron chi connectivity index (χ2n) is 7.35. The van der Waals surface area contributed by atoms with Crippen molar-refractivity contribution in [3.63, 3.8) is 0 Å². The standard InChI is InChI=1S/C26H29N3O3/c1-2-3-16-32-24-15-8-7-14-23(24)29-25(30)19-27-22-13-9-12-21(17-22)26(31)28-18-20-10-5-4-6-11-20/h4-15,17,27H,2-3,16,18-19H2,1H3,(H,28,31)(H,29,30). The van der Waals surface area contributed by atoms with Gasteiger partial charge in [0.15, 0.2) is 0 Å². The van der Waals surface area contributed by atoms with Crippen LogP contribution in [-0.4, -0.2) is 25.0 Å². The van der Waals surface area contributed by atoms with Crippen molar-refractivity contribution < 1.29 is 14.3 Å². The topological polar surface area (TPSA) is 79.5 Å². The van der Waals surface area contributed by atoms with Crippen molar-refractivity contribution >= 4 is 23.2 Å². The summed E-state index contributed by atoms with van der Waals surface area (Å²) >= 11 is 0. The summed E-state index contributed by atoms with van der Waals surface area (Å²) < 4.78 is 5.76.